The zero-order valence-electron chi connectivity index (χ0n) is 21.3. The Kier molecular flexibility index (Phi) is 7.55. The van der Waals surface area contributed by atoms with Crippen molar-refractivity contribution in [3.63, 3.8) is 0 Å². The topological polar surface area (TPSA) is 95.2 Å². The smallest absolute Gasteiger partial charge is 0.270 e. The summed E-state index contributed by atoms with van der Waals surface area (Å²) < 4.78 is 19.9. The summed E-state index contributed by atoms with van der Waals surface area (Å²) >= 11 is 0. The quantitative estimate of drug-likeness (QED) is 0.273. The van der Waals surface area contributed by atoms with Crippen molar-refractivity contribution < 1.29 is 14.2 Å². The molecule has 2 heterocycles. The average Bonchev–Trinajstić information content (AvgIpc) is 2.91. The molecule has 9 heteroatoms. The molecule has 3 aromatic carbocycles. The van der Waals surface area contributed by atoms with E-state index in [2.05, 4.69) is 31.6 Å². The van der Waals surface area contributed by atoms with Gasteiger partial charge in [-0.1, -0.05) is 30.3 Å². The Bertz CT molecular complexity index is 1440. The molecule has 8 nitrogen and oxygen atoms in total. The molecule has 38 heavy (non-hydrogen) atoms. The number of hydrogen-bond donors (Lipinski definition) is 2. The van der Waals surface area contributed by atoms with E-state index in [4.69, 9.17) is 4.74 Å². The van der Waals surface area contributed by atoms with Gasteiger partial charge < -0.3 is 20.1 Å². The van der Waals surface area contributed by atoms with Crippen LogP contribution in [0.15, 0.2) is 83.2 Å². The van der Waals surface area contributed by atoms with Gasteiger partial charge in [-0.15, -0.1) is 5.11 Å². The van der Waals surface area contributed by atoms with Gasteiger partial charge in [-0.25, -0.2) is 9.37 Å². The van der Waals surface area contributed by atoms with Crippen molar-refractivity contribution in [2.45, 2.75) is 26.5 Å². The Morgan fingerprint density at radius 1 is 1.08 bits per heavy atom. The Hall–Kier alpha value is -4.37. The van der Waals surface area contributed by atoms with E-state index in [1.165, 1.54) is 0 Å². The first-order valence-electron chi connectivity index (χ1n) is 12.5. The number of phenols is 1. The summed E-state index contributed by atoms with van der Waals surface area (Å²) in [5.74, 6) is 0.125. The molecule has 0 spiro atoms. The van der Waals surface area contributed by atoms with Gasteiger partial charge in [-0.05, 0) is 72.5 Å². The lowest BCUT2D eigenvalue weighted by Crippen LogP contribution is -2.42. The minimum Gasteiger partial charge on any atom is -0.508 e. The second-order valence-electron chi connectivity index (χ2n) is 9.26. The zero-order valence-corrected chi connectivity index (χ0v) is 21.3. The first kappa shape index (κ1) is 25.3. The second kappa shape index (κ2) is 11.4. The van der Waals surface area contributed by atoms with Crippen molar-refractivity contribution in [3.05, 3.63) is 89.9 Å². The molecular weight excluding hydrogens is 483 g/mol. The minimum atomic E-state index is -0.481. The molecule has 1 aliphatic heterocycles. The highest BCUT2D eigenvalue weighted by Gasteiger charge is 2.21. The van der Waals surface area contributed by atoms with E-state index in [9.17, 15) is 9.50 Å². The van der Waals surface area contributed by atoms with Crippen molar-refractivity contribution in [3.8, 4) is 16.9 Å². The molecule has 1 aliphatic rings. The number of morpholine rings is 1. The van der Waals surface area contributed by atoms with E-state index in [0.29, 0.717) is 26.2 Å². The molecule has 1 unspecified atom stereocenters. The molecule has 4 aromatic rings. The van der Waals surface area contributed by atoms with Crippen LogP contribution in [-0.2, 0) is 11.3 Å². The number of benzene rings is 3. The molecule has 2 N–H and O–H groups in total. The monoisotopic (exact) mass is 512 g/mol. The number of halogens is 1. The fourth-order valence-corrected chi connectivity index (χ4v) is 4.35. The average molecular weight is 513 g/mol. The number of nitrogens with one attached hydrogen (secondary N) is 1. The molecule has 1 fully saturated rings. The first-order chi connectivity index (χ1) is 18.4. The van der Waals surface area contributed by atoms with E-state index < -0.39 is 5.82 Å². The summed E-state index contributed by atoms with van der Waals surface area (Å²) in [7, 11) is 0. The Balaban J connectivity index is 1.21. The number of aromatic nitrogens is 2. The molecule has 1 saturated heterocycles. The van der Waals surface area contributed by atoms with Crippen molar-refractivity contribution in [2.75, 3.05) is 29.9 Å². The normalized spacial score (nSPS) is 15.7. The maximum absolute atomic E-state index is 14.3. The van der Waals surface area contributed by atoms with Crippen molar-refractivity contribution in [1.82, 2.24) is 9.97 Å². The van der Waals surface area contributed by atoms with Crippen molar-refractivity contribution in [2.24, 2.45) is 10.2 Å². The highest BCUT2D eigenvalue weighted by molar-refractivity contribution is 5.69. The standard InChI is InChI=1S/C29H29FN6O2/c1-19-14-25(33-24-9-6-21(7-10-24)22-4-3-5-26(37)15-22)11-8-23(19)16-32-35-29-31-17-27(30)28(34-29)36-12-13-38-20(2)18-36/h3-11,14-15,17,20,33,37H,12-13,16,18H2,1-2H3. The molecule has 194 valence electrons. The molecular formula is C29H29FN6O2. The van der Waals surface area contributed by atoms with Crippen molar-refractivity contribution in [1.29, 1.82) is 0 Å². The van der Waals surface area contributed by atoms with E-state index in [1.807, 2.05) is 67.3 Å². The van der Waals surface area contributed by atoms with Gasteiger partial charge in [0.2, 0.25) is 0 Å². The number of hydrogen-bond acceptors (Lipinski definition) is 8. The predicted molar refractivity (Wildman–Crippen MR) is 146 cm³/mol. The predicted octanol–water partition coefficient (Wildman–Crippen LogP) is 6.55. The number of aromatic hydroxyl groups is 1. The number of azo groups is 1. The van der Waals surface area contributed by atoms with Gasteiger partial charge in [0.05, 0.1) is 25.5 Å². The minimum absolute atomic E-state index is 0.00711. The van der Waals surface area contributed by atoms with Crippen LogP contribution >= 0.6 is 0 Å². The summed E-state index contributed by atoms with van der Waals surface area (Å²) in [6, 6.07) is 21.3. The highest BCUT2D eigenvalue weighted by Crippen LogP contribution is 2.27. The van der Waals surface area contributed by atoms with Gasteiger partial charge in [0.25, 0.3) is 5.95 Å². The van der Waals surface area contributed by atoms with E-state index in [-0.39, 0.29) is 23.6 Å². The number of phenolic OH excluding ortho intramolecular Hbond substituents is 1. The number of anilines is 3. The molecule has 0 bridgehead atoms. The fraction of sp³-hybridized carbons (Fsp3) is 0.241. The van der Waals surface area contributed by atoms with Gasteiger partial charge in [0, 0.05) is 24.5 Å². The fourth-order valence-electron chi connectivity index (χ4n) is 4.35. The molecule has 1 aromatic heterocycles. The third-order valence-electron chi connectivity index (χ3n) is 6.35. The molecule has 5 rings (SSSR count). The Morgan fingerprint density at radius 3 is 2.66 bits per heavy atom. The summed E-state index contributed by atoms with van der Waals surface area (Å²) in [5, 5.41) is 21.5. The second-order valence-corrected chi connectivity index (χ2v) is 9.26. The Morgan fingerprint density at radius 2 is 1.89 bits per heavy atom. The van der Waals surface area contributed by atoms with Gasteiger partial charge in [0.1, 0.15) is 5.75 Å². The van der Waals surface area contributed by atoms with Crippen LogP contribution in [0.5, 0.6) is 5.75 Å². The van der Waals surface area contributed by atoms with Crippen LogP contribution in [0, 0.1) is 12.7 Å². The molecule has 0 saturated carbocycles. The largest absolute Gasteiger partial charge is 0.508 e. The highest BCUT2D eigenvalue weighted by atomic mass is 19.1. The maximum Gasteiger partial charge on any atom is 0.270 e. The van der Waals surface area contributed by atoms with E-state index >= 15 is 0 Å². The van der Waals surface area contributed by atoms with Gasteiger partial charge in [0.15, 0.2) is 11.6 Å². The summed E-state index contributed by atoms with van der Waals surface area (Å²) in [5.41, 5.74) is 5.99. The van der Waals surface area contributed by atoms with Crippen LogP contribution in [0.2, 0.25) is 0 Å². The molecule has 1 atom stereocenters. The van der Waals surface area contributed by atoms with E-state index in [0.717, 1.165) is 39.8 Å². The van der Waals surface area contributed by atoms with Crippen LogP contribution in [0.4, 0.5) is 27.5 Å². The lowest BCUT2D eigenvalue weighted by Gasteiger charge is -2.31. The number of ether oxygens (including phenoxy) is 1. The summed E-state index contributed by atoms with van der Waals surface area (Å²) in [6.07, 6.45) is 1.14. The number of nitrogens with zero attached hydrogens (tertiary/aromatic N) is 5. The maximum atomic E-state index is 14.3. The van der Waals surface area contributed by atoms with Crippen LogP contribution in [-0.4, -0.2) is 40.9 Å². The lowest BCUT2D eigenvalue weighted by atomic mass is 10.0. The zero-order chi connectivity index (χ0) is 26.5. The van der Waals surface area contributed by atoms with Crippen LogP contribution in [0.25, 0.3) is 11.1 Å². The van der Waals surface area contributed by atoms with Crippen LogP contribution < -0.4 is 10.2 Å². The lowest BCUT2D eigenvalue weighted by molar-refractivity contribution is 0.0527. The van der Waals surface area contributed by atoms with Crippen LogP contribution in [0.3, 0.4) is 0 Å². The van der Waals surface area contributed by atoms with Gasteiger partial charge in [-0.2, -0.15) is 10.1 Å². The summed E-state index contributed by atoms with van der Waals surface area (Å²) in [4.78, 5) is 10.1. The Labute approximate surface area is 220 Å². The third kappa shape index (κ3) is 6.12. The first-order valence-corrected chi connectivity index (χ1v) is 12.5. The molecule has 0 amide bonds. The molecule has 0 radical (unpaired) electrons. The van der Waals surface area contributed by atoms with Crippen LogP contribution in [0.1, 0.15) is 18.1 Å². The van der Waals surface area contributed by atoms with E-state index in [1.54, 1.807) is 12.1 Å². The van der Waals surface area contributed by atoms with Crippen molar-refractivity contribution >= 4 is 23.1 Å². The van der Waals surface area contributed by atoms with Gasteiger partial charge in [-0.3, -0.25) is 0 Å². The SMILES string of the molecule is Cc1cc(Nc2ccc(-c3cccc(O)c3)cc2)ccc1CN=Nc1ncc(F)c(N2CCOC(C)C2)n1. The molecule has 0 aliphatic carbocycles. The number of rotatable bonds is 7. The number of aryl methyl sites for hydroxylation is 1. The third-order valence-corrected chi connectivity index (χ3v) is 6.35. The summed E-state index contributed by atoms with van der Waals surface area (Å²) in [6.45, 7) is 5.98. The van der Waals surface area contributed by atoms with Gasteiger partial charge >= 0.3 is 0 Å².